The van der Waals surface area contributed by atoms with Crippen LogP contribution in [0.15, 0.2) is 30.3 Å². The third-order valence-corrected chi connectivity index (χ3v) is 3.22. The highest BCUT2D eigenvalue weighted by Gasteiger charge is 2.50. The van der Waals surface area contributed by atoms with E-state index in [2.05, 4.69) is 4.98 Å². The van der Waals surface area contributed by atoms with E-state index < -0.39 is 6.10 Å². The number of carbonyl (C=O) groups excluding carboxylic acids is 1. The van der Waals surface area contributed by atoms with Crippen molar-refractivity contribution in [3.8, 4) is 5.75 Å². The third-order valence-electron chi connectivity index (χ3n) is 3.22. The minimum atomic E-state index is -0.572. The summed E-state index contributed by atoms with van der Waals surface area (Å²) in [5, 5.41) is 0.987. The quantitative estimate of drug-likeness (QED) is 0.631. The van der Waals surface area contributed by atoms with Gasteiger partial charge in [-0.2, -0.15) is 0 Å². The minimum Gasteiger partial charge on any atom is -0.495 e. The first-order chi connectivity index (χ1) is 9.74. The van der Waals surface area contributed by atoms with Crippen LogP contribution in [0.3, 0.4) is 0 Å². The van der Waals surface area contributed by atoms with Crippen LogP contribution in [0.4, 0.5) is 0 Å². The molecule has 3 rings (SSSR count). The lowest BCUT2D eigenvalue weighted by Gasteiger charge is -2.07. The van der Waals surface area contributed by atoms with Crippen LogP contribution in [0, 0.1) is 0 Å². The highest BCUT2D eigenvalue weighted by atomic mass is 16.6. The molecule has 1 fully saturated rings. The van der Waals surface area contributed by atoms with E-state index in [0.29, 0.717) is 18.1 Å². The van der Waals surface area contributed by atoms with Gasteiger partial charge in [-0.25, -0.2) is 9.78 Å². The smallest absolute Gasteiger partial charge is 0.338 e. The molecular weight excluding hydrogens is 258 g/mol. The summed E-state index contributed by atoms with van der Waals surface area (Å²) in [6.45, 7) is 2.11. The summed E-state index contributed by atoms with van der Waals surface area (Å²) in [6, 6.07) is 9.65. The van der Waals surface area contributed by atoms with Gasteiger partial charge in [0.2, 0.25) is 0 Å². The molecule has 2 atom stereocenters. The Morgan fingerprint density at radius 3 is 2.95 bits per heavy atom. The minimum absolute atomic E-state index is 0.341. The number of esters is 1. The number of pyridine rings is 1. The zero-order valence-corrected chi connectivity index (χ0v) is 11.3. The lowest BCUT2D eigenvalue weighted by molar-refractivity contribution is -0.144. The Balaban J connectivity index is 1.94. The fourth-order valence-corrected chi connectivity index (χ4v) is 2.20. The van der Waals surface area contributed by atoms with Crippen LogP contribution in [0.2, 0.25) is 0 Å². The van der Waals surface area contributed by atoms with Gasteiger partial charge in [-0.3, -0.25) is 0 Å². The average molecular weight is 273 g/mol. The predicted octanol–water partition coefficient (Wildman–Crippen LogP) is 2.25. The number of epoxide rings is 1. The van der Waals surface area contributed by atoms with Gasteiger partial charge in [0.1, 0.15) is 17.5 Å². The van der Waals surface area contributed by atoms with Gasteiger partial charge in [0.05, 0.1) is 19.2 Å². The molecule has 0 amide bonds. The number of fused-ring (bicyclic) bond motifs is 1. The molecule has 0 radical (unpaired) electrons. The van der Waals surface area contributed by atoms with Crippen LogP contribution >= 0.6 is 0 Å². The first-order valence-corrected chi connectivity index (χ1v) is 6.50. The molecule has 2 unspecified atom stereocenters. The first kappa shape index (κ1) is 12.9. The Kier molecular flexibility index (Phi) is 3.28. The maximum atomic E-state index is 11.6. The first-order valence-electron chi connectivity index (χ1n) is 6.50. The summed E-state index contributed by atoms with van der Waals surface area (Å²) >= 11 is 0. The second-order valence-electron chi connectivity index (χ2n) is 4.50. The molecule has 0 saturated carbocycles. The molecule has 1 saturated heterocycles. The van der Waals surface area contributed by atoms with E-state index in [1.807, 2.05) is 30.3 Å². The number of ether oxygens (including phenoxy) is 3. The van der Waals surface area contributed by atoms with Gasteiger partial charge in [0.25, 0.3) is 0 Å². The molecule has 1 aliphatic rings. The van der Waals surface area contributed by atoms with Crippen molar-refractivity contribution in [2.24, 2.45) is 0 Å². The zero-order chi connectivity index (χ0) is 14.1. The zero-order valence-electron chi connectivity index (χ0n) is 11.3. The Morgan fingerprint density at radius 1 is 1.40 bits per heavy atom. The van der Waals surface area contributed by atoms with Crippen molar-refractivity contribution in [2.75, 3.05) is 13.7 Å². The van der Waals surface area contributed by atoms with E-state index in [1.165, 1.54) is 0 Å². The number of benzene rings is 1. The van der Waals surface area contributed by atoms with Gasteiger partial charge in [0.15, 0.2) is 6.10 Å². The van der Waals surface area contributed by atoms with Crippen LogP contribution in [0.5, 0.6) is 5.75 Å². The number of hydrogen-bond donors (Lipinski definition) is 0. The average Bonchev–Trinajstić information content (AvgIpc) is 3.26. The van der Waals surface area contributed by atoms with E-state index in [4.69, 9.17) is 14.2 Å². The van der Waals surface area contributed by atoms with Gasteiger partial charge in [-0.1, -0.05) is 18.2 Å². The molecule has 1 aliphatic heterocycles. The molecule has 0 bridgehead atoms. The van der Waals surface area contributed by atoms with Crippen LogP contribution in [0.1, 0.15) is 18.7 Å². The van der Waals surface area contributed by atoms with E-state index >= 15 is 0 Å². The topological polar surface area (TPSA) is 61.0 Å². The van der Waals surface area contributed by atoms with Gasteiger partial charge < -0.3 is 14.2 Å². The Hall–Kier alpha value is -2.14. The number of rotatable bonds is 4. The van der Waals surface area contributed by atoms with Crippen molar-refractivity contribution in [1.29, 1.82) is 0 Å². The number of para-hydroxylation sites is 1. The maximum Gasteiger partial charge on any atom is 0.338 e. The molecular formula is C15H15NO4. The SMILES string of the molecule is CCOC(=O)C1OC1c1nc2ccccc2cc1OC. The second-order valence-corrected chi connectivity index (χ2v) is 4.50. The molecule has 1 aromatic heterocycles. The highest BCUT2D eigenvalue weighted by molar-refractivity contribution is 5.82. The molecule has 5 nitrogen and oxygen atoms in total. The summed E-state index contributed by atoms with van der Waals surface area (Å²) in [6.07, 6.45) is -0.953. The predicted molar refractivity (Wildman–Crippen MR) is 72.5 cm³/mol. The normalized spacial score (nSPS) is 20.7. The largest absolute Gasteiger partial charge is 0.495 e. The van der Waals surface area contributed by atoms with E-state index in [9.17, 15) is 4.79 Å². The van der Waals surface area contributed by atoms with Crippen molar-refractivity contribution < 1.29 is 19.0 Å². The highest BCUT2D eigenvalue weighted by Crippen LogP contribution is 2.43. The molecule has 0 spiro atoms. The molecule has 0 aliphatic carbocycles. The Labute approximate surface area is 116 Å². The van der Waals surface area contributed by atoms with Crippen LogP contribution in [0.25, 0.3) is 10.9 Å². The number of nitrogens with zero attached hydrogens (tertiary/aromatic N) is 1. The summed E-state index contributed by atoms with van der Waals surface area (Å²) in [7, 11) is 1.58. The lowest BCUT2D eigenvalue weighted by Crippen LogP contribution is -2.12. The van der Waals surface area contributed by atoms with Gasteiger partial charge in [-0.05, 0) is 19.1 Å². The van der Waals surface area contributed by atoms with Crippen LogP contribution in [-0.4, -0.2) is 30.8 Å². The maximum absolute atomic E-state index is 11.6. The van der Waals surface area contributed by atoms with Crippen molar-refractivity contribution in [3.05, 3.63) is 36.0 Å². The van der Waals surface area contributed by atoms with Crippen molar-refractivity contribution in [1.82, 2.24) is 4.98 Å². The number of carbonyl (C=O) groups is 1. The monoisotopic (exact) mass is 273 g/mol. The van der Waals surface area contributed by atoms with Crippen molar-refractivity contribution in [3.63, 3.8) is 0 Å². The van der Waals surface area contributed by atoms with E-state index in [-0.39, 0.29) is 12.1 Å². The van der Waals surface area contributed by atoms with E-state index in [0.717, 1.165) is 10.9 Å². The van der Waals surface area contributed by atoms with E-state index in [1.54, 1.807) is 14.0 Å². The molecule has 2 heterocycles. The molecule has 0 N–H and O–H groups in total. The number of aromatic nitrogens is 1. The molecule has 104 valence electrons. The summed E-state index contributed by atoms with van der Waals surface area (Å²) in [4.78, 5) is 16.2. The molecule has 1 aromatic carbocycles. The Morgan fingerprint density at radius 2 is 2.20 bits per heavy atom. The summed E-state index contributed by atoms with van der Waals surface area (Å²) in [5.74, 6) is 0.273. The summed E-state index contributed by atoms with van der Waals surface area (Å²) < 4.78 is 15.7. The van der Waals surface area contributed by atoms with Gasteiger partial charge in [0, 0.05) is 5.39 Å². The molecule has 5 heteroatoms. The number of hydrogen-bond acceptors (Lipinski definition) is 5. The van der Waals surface area contributed by atoms with Crippen LogP contribution in [-0.2, 0) is 14.3 Å². The van der Waals surface area contributed by atoms with Crippen molar-refractivity contribution >= 4 is 16.9 Å². The second kappa shape index (κ2) is 5.09. The van der Waals surface area contributed by atoms with Gasteiger partial charge in [-0.15, -0.1) is 0 Å². The van der Waals surface area contributed by atoms with Gasteiger partial charge >= 0.3 is 5.97 Å². The third kappa shape index (κ3) is 2.20. The Bertz CT molecular complexity index is 655. The molecule has 2 aromatic rings. The lowest BCUT2D eigenvalue weighted by atomic mass is 10.1. The fraction of sp³-hybridized carbons (Fsp3) is 0.333. The van der Waals surface area contributed by atoms with Crippen molar-refractivity contribution in [2.45, 2.75) is 19.1 Å². The van der Waals surface area contributed by atoms with Crippen LogP contribution < -0.4 is 4.74 Å². The molecule has 20 heavy (non-hydrogen) atoms. The summed E-state index contributed by atoms with van der Waals surface area (Å²) in [5.41, 5.74) is 1.49. The number of methoxy groups -OCH3 is 1. The standard InChI is InChI=1S/C15H15NO4/c1-3-19-15(17)14-13(20-14)12-11(18-2)8-9-6-4-5-7-10(9)16-12/h4-8,13-14H,3H2,1-2H3. The fourth-order valence-electron chi connectivity index (χ4n) is 2.20.